The van der Waals surface area contributed by atoms with Crippen molar-refractivity contribution in [2.45, 2.75) is 31.7 Å². The quantitative estimate of drug-likeness (QED) is 0.891. The summed E-state index contributed by atoms with van der Waals surface area (Å²) in [5.74, 6) is -0.0697. The van der Waals surface area contributed by atoms with E-state index in [0.717, 1.165) is 32.2 Å². The molecule has 2 amide bonds. The fourth-order valence-electron chi connectivity index (χ4n) is 3.32. The summed E-state index contributed by atoms with van der Waals surface area (Å²) in [6.07, 6.45) is 3.96. The highest BCUT2D eigenvalue weighted by Crippen LogP contribution is 2.27. The zero-order chi connectivity index (χ0) is 17.6. The highest BCUT2D eigenvalue weighted by Gasteiger charge is 2.27. The number of amides is 2. The van der Waals surface area contributed by atoms with Crippen LogP contribution in [0.5, 0.6) is 5.75 Å². The van der Waals surface area contributed by atoms with Gasteiger partial charge in [-0.3, -0.25) is 0 Å². The Morgan fingerprint density at radius 1 is 1.24 bits per heavy atom. The summed E-state index contributed by atoms with van der Waals surface area (Å²) in [7, 11) is 1.46. The van der Waals surface area contributed by atoms with Crippen molar-refractivity contribution in [1.29, 1.82) is 0 Å². The molecule has 1 fully saturated rings. The number of rotatable bonds is 4. The number of nitrogens with zero attached hydrogens (tertiary/aromatic N) is 1. The second-order valence-corrected chi connectivity index (χ2v) is 6.31. The molecule has 0 spiro atoms. The van der Waals surface area contributed by atoms with E-state index in [1.807, 2.05) is 23.1 Å². The number of anilines is 1. The van der Waals surface area contributed by atoms with Crippen molar-refractivity contribution < 1.29 is 13.9 Å². The van der Waals surface area contributed by atoms with E-state index in [1.54, 1.807) is 0 Å². The predicted molar refractivity (Wildman–Crippen MR) is 96.5 cm³/mol. The van der Waals surface area contributed by atoms with Gasteiger partial charge in [-0.05, 0) is 43.4 Å². The Labute approximate surface area is 147 Å². The summed E-state index contributed by atoms with van der Waals surface area (Å²) in [5.41, 5.74) is 1.71. The summed E-state index contributed by atoms with van der Waals surface area (Å²) < 4.78 is 18.5. The lowest BCUT2D eigenvalue weighted by atomic mass is 9.96. The van der Waals surface area contributed by atoms with Crippen LogP contribution in [-0.4, -0.2) is 30.6 Å². The first-order chi connectivity index (χ1) is 12.2. The molecule has 2 aromatic rings. The lowest BCUT2D eigenvalue weighted by Gasteiger charge is -2.36. The Hall–Kier alpha value is -2.56. The van der Waals surface area contributed by atoms with Crippen molar-refractivity contribution in [2.75, 3.05) is 19.0 Å². The van der Waals surface area contributed by atoms with Gasteiger partial charge in [-0.2, -0.15) is 0 Å². The molecule has 1 unspecified atom stereocenters. The van der Waals surface area contributed by atoms with E-state index in [1.165, 1.54) is 30.9 Å². The van der Waals surface area contributed by atoms with Crippen LogP contribution in [0.4, 0.5) is 14.9 Å². The third kappa shape index (κ3) is 4.29. The molecule has 4 nitrogen and oxygen atoms in total. The predicted octanol–water partition coefficient (Wildman–Crippen LogP) is 4.46. The van der Waals surface area contributed by atoms with E-state index in [9.17, 15) is 9.18 Å². The monoisotopic (exact) mass is 342 g/mol. The number of urea groups is 1. The largest absolute Gasteiger partial charge is 0.494 e. The van der Waals surface area contributed by atoms with Gasteiger partial charge in [-0.25, -0.2) is 9.18 Å². The zero-order valence-electron chi connectivity index (χ0n) is 14.4. The second kappa shape index (κ2) is 8.01. The number of hydrogen-bond acceptors (Lipinski definition) is 2. The number of carbonyl (C=O) groups excluding carboxylic acids is 1. The summed E-state index contributed by atoms with van der Waals surface area (Å²) in [6.45, 7) is 0.729. The van der Waals surface area contributed by atoms with Crippen LogP contribution in [0.25, 0.3) is 0 Å². The van der Waals surface area contributed by atoms with Gasteiger partial charge in [0, 0.05) is 18.7 Å². The minimum atomic E-state index is -0.394. The minimum Gasteiger partial charge on any atom is -0.494 e. The molecule has 132 valence electrons. The van der Waals surface area contributed by atoms with Gasteiger partial charge >= 0.3 is 6.03 Å². The number of nitrogens with one attached hydrogen (secondary N) is 1. The van der Waals surface area contributed by atoms with E-state index in [4.69, 9.17) is 4.74 Å². The Morgan fingerprint density at radius 2 is 2.04 bits per heavy atom. The SMILES string of the molecule is COc1cc(F)ccc1NC(=O)N1CCCCC1Cc1ccccc1. The number of piperidine rings is 1. The summed E-state index contributed by atoms with van der Waals surface area (Å²) in [5, 5.41) is 2.87. The first-order valence-corrected chi connectivity index (χ1v) is 8.62. The van der Waals surface area contributed by atoms with Gasteiger partial charge in [0.25, 0.3) is 0 Å². The number of ether oxygens (including phenoxy) is 1. The molecule has 0 saturated carbocycles. The molecule has 25 heavy (non-hydrogen) atoms. The van der Waals surface area contributed by atoms with E-state index in [0.29, 0.717) is 11.4 Å². The molecule has 0 aromatic heterocycles. The van der Waals surface area contributed by atoms with Gasteiger partial charge in [0.05, 0.1) is 12.8 Å². The standard InChI is InChI=1S/C20H23FN2O2/c1-25-19-14-16(21)10-11-18(19)22-20(24)23-12-6-5-9-17(23)13-15-7-3-2-4-8-15/h2-4,7-8,10-11,14,17H,5-6,9,12-13H2,1H3,(H,22,24). The normalized spacial score (nSPS) is 17.2. The zero-order valence-corrected chi connectivity index (χ0v) is 14.4. The van der Waals surface area contributed by atoms with Crippen molar-refractivity contribution >= 4 is 11.7 Å². The maximum Gasteiger partial charge on any atom is 0.322 e. The third-order valence-electron chi connectivity index (χ3n) is 4.61. The van der Waals surface area contributed by atoms with Gasteiger partial charge in [0.1, 0.15) is 11.6 Å². The van der Waals surface area contributed by atoms with Crippen LogP contribution in [0.15, 0.2) is 48.5 Å². The van der Waals surface area contributed by atoms with Crippen LogP contribution in [0, 0.1) is 5.82 Å². The van der Waals surface area contributed by atoms with Gasteiger partial charge in [0.15, 0.2) is 0 Å². The lowest BCUT2D eigenvalue weighted by molar-refractivity contribution is 0.162. The van der Waals surface area contributed by atoms with Crippen LogP contribution in [0.2, 0.25) is 0 Å². The highest BCUT2D eigenvalue weighted by molar-refractivity contribution is 5.91. The number of halogens is 1. The van der Waals surface area contributed by atoms with Crippen LogP contribution < -0.4 is 10.1 Å². The van der Waals surface area contributed by atoms with Gasteiger partial charge < -0.3 is 15.0 Å². The molecule has 5 heteroatoms. The molecule has 1 saturated heterocycles. The van der Waals surface area contributed by atoms with Crippen LogP contribution >= 0.6 is 0 Å². The van der Waals surface area contributed by atoms with Crippen LogP contribution in [-0.2, 0) is 6.42 Å². The van der Waals surface area contributed by atoms with E-state index >= 15 is 0 Å². The molecule has 2 aromatic carbocycles. The Kier molecular flexibility index (Phi) is 5.53. The highest BCUT2D eigenvalue weighted by atomic mass is 19.1. The molecule has 0 radical (unpaired) electrons. The topological polar surface area (TPSA) is 41.6 Å². The molecule has 0 aliphatic carbocycles. The molecule has 0 bridgehead atoms. The molecule has 3 rings (SSSR count). The van der Waals surface area contributed by atoms with Crippen LogP contribution in [0.1, 0.15) is 24.8 Å². The number of benzene rings is 2. The van der Waals surface area contributed by atoms with Gasteiger partial charge in [-0.15, -0.1) is 0 Å². The van der Waals surface area contributed by atoms with E-state index in [-0.39, 0.29) is 12.1 Å². The Bertz CT molecular complexity index is 721. The maximum atomic E-state index is 13.3. The fourth-order valence-corrected chi connectivity index (χ4v) is 3.32. The van der Waals surface area contributed by atoms with E-state index in [2.05, 4.69) is 17.4 Å². The van der Waals surface area contributed by atoms with Crippen molar-refractivity contribution in [3.8, 4) is 5.75 Å². The minimum absolute atomic E-state index is 0.162. The fraction of sp³-hybridized carbons (Fsp3) is 0.350. The molecule has 1 aliphatic heterocycles. The van der Waals surface area contributed by atoms with Crippen molar-refractivity contribution in [3.05, 3.63) is 59.9 Å². The number of hydrogen-bond donors (Lipinski definition) is 1. The summed E-state index contributed by atoms with van der Waals surface area (Å²) >= 11 is 0. The molecular weight excluding hydrogens is 319 g/mol. The van der Waals surface area contributed by atoms with Gasteiger partial charge in [0.2, 0.25) is 0 Å². The Morgan fingerprint density at radius 3 is 2.80 bits per heavy atom. The average molecular weight is 342 g/mol. The Balaban J connectivity index is 1.72. The average Bonchev–Trinajstić information content (AvgIpc) is 2.64. The smallest absolute Gasteiger partial charge is 0.322 e. The lowest BCUT2D eigenvalue weighted by Crippen LogP contribution is -2.46. The summed E-state index contributed by atoms with van der Waals surface area (Å²) in [4.78, 5) is 14.7. The maximum absolute atomic E-state index is 13.3. The molecular formula is C20H23FN2O2. The van der Waals surface area contributed by atoms with Crippen molar-refractivity contribution in [1.82, 2.24) is 4.90 Å². The van der Waals surface area contributed by atoms with E-state index < -0.39 is 5.82 Å². The second-order valence-electron chi connectivity index (χ2n) is 6.31. The van der Waals surface area contributed by atoms with Crippen molar-refractivity contribution in [2.24, 2.45) is 0 Å². The first kappa shape index (κ1) is 17.3. The molecule has 1 heterocycles. The molecule has 1 N–H and O–H groups in total. The first-order valence-electron chi connectivity index (χ1n) is 8.62. The molecule has 1 aliphatic rings. The number of likely N-dealkylation sites (tertiary alicyclic amines) is 1. The van der Waals surface area contributed by atoms with Crippen LogP contribution in [0.3, 0.4) is 0 Å². The summed E-state index contributed by atoms with van der Waals surface area (Å²) in [6, 6.07) is 14.3. The number of methoxy groups -OCH3 is 1. The van der Waals surface area contributed by atoms with Crippen molar-refractivity contribution in [3.63, 3.8) is 0 Å². The molecule has 1 atom stereocenters. The third-order valence-corrected chi connectivity index (χ3v) is 4.61. The number of carbonyl (C=O) groups is 1. The van der Waals surface area contributed by atoms with Gasteiger partial charge in [-0.1, -0.05) is 30.3 Å².